The fraction of sp³-hybridized carbons (Fsp3) is 0.591. The predicted molar refractivity (Wildman–Crippen MR) is 104 cm³/mol. The van der Waals surface area contributed by atoms with Gasteiger partial charge in [0.1, 0.15) is 5.60 Å². The fourth-order valence-electron chi connectivity index (χ4n) is 4.84. The van der Waals surface area contributed by atoms with Crippen LogP contribution < -0.4 is 5.32 Å². The highest BCUT2D eigenvalue weighted by Crippen LogP contribution is 2.51. The van der Waals surface area contributed by atoms with E-state index in [1.165, 1.54) is 16.7 Å². The average molecular weight is 354 g/mol. The molecule has 4 heteroatoms. The summed E-state index contributed by atoms with van der Waals surface area (Å²) >= 11 is 0. The normalized spacial score (nSPS) is 21.6. The van der Waals surface area contributed by atoms with Crippen LogP contribution in [0.2, 0.25) is 0 Å². The van der Waals surface area contributed by atoms with Gasteiger partial charge < -0.3 is 15.0 Å². The van der Waals surface area contributed by atoms with Gasteiger partial charge in [-0.2, -0.15) is 0 Å². The van der Waals surface area contributed by atoms with E-state index in [0.29, 0.717) is 0 Å². The average Bonchev–Trinajstić information content (AvgIpc) is 2.92. The minimum absolute atomic E-state index is 0.159. The van der Waals surface area contributed by atoms with Crippen LogP contribution in [0.1, 0.15) is 50.3 Å². The minimum Gasteiger partial charge on any atom is -0.444 e. The summed E-state index contributed by atoms with van der Waals surface area (Å²) in [4.78, 5) is 14.3. The Morgan fingerprint density at radius 2 is 1.96 bits per heavy atom. The van der Waals surface area contributed by atoms with Crippen LogP contribution >= 0.6 is 0 Å². The molecule has 1 aliphatic carbocycles. The van der Waals surface area contributed by atoms with Crippen molar-refractivity contribution in [3.63, 3.8) is 0 Å². The first-order valence-electron chi connectivity index (χ1n) is 9.78. The summed E-state index contributed by atoms with van der Waals surface area (Å²) in [6, 6.07) is 6.90. The molecule has 1 N–H and O–H groups in total. The van der Waals surface area contributed by atoms with Crippen molar-refractivity contribution in [2.45, 2.75) is 52.6 Å². The zero-order chi connectivity index (χ0) is 18.5. The molecule has 0 unspecified atom stereocenters. The number of hydrogen-bond acceptors (Lipinski definition) is 3. The Morgan fingerprint density at radius 1 is 1.23 bits per heavy atom. The summed E-state index contributed by atoms with van der Waals surface area (Å²) in [5.41, 5.74) is 7.14. The summed E-state index contributed by atoms with van der Waals surface area (Å²) in [5.74, 6) is 0. The van der Waals surface area contributed by atoms with Crippen LogP contribution in [-0.2, 0) is 11.2 Å². The van der Waals surface area contributed by atoms with Gasteiger partial charge in [-0.05, 0) is 69.2 Å². The Morgan fingerprint density at radius 3 is 2.65 bits per heavy atom. The maximum absolute atomic E-state index is 12.4. The molecule has 4 rings (SSSR count). The van der Waals surface area contributed by atoms with E-state index < -0.39 is 5.60 Å². The molecule has 4 nitrogen and oxygen atoms in total. The molecule has 1 saturated heterocycles. The molecule has 1 spiro atoms. The number of carbonyl (C=O) groups excluding carboxylic acids is 1. The van der Waals surface area contributed by atoms with Crippen molar-refractivity contribution in [2.24, 2.45) is 5.41 Å². The van der Waals surface area contributed by atoms with Gasteiger partial charge in [0.25, 0.3) is 0 Å². The Kier molecular flexibility index (Phi) is 4.14. The van der Waals surface area contributed by atoms with Gasteiger partial charge in [0.2, 0.25) is 0 Å². The highest BCUT2D eigenvalue weighted by molar-refractivity contribution is 5.82. The van der Waals surface area contributed by atoms with Crippen LogP contribution in [0.15, 0.2) is 23.8 Å². The van der Waals surface area contributed by atoms with E-state index in [-0.39, 0.29) is 11.5 Å². The van der Waals surface area contributed by atoms with Gasteiger partial charge in [-0.25, -0.2) is 4.79 Å². The number of amides is 1. The van der Waals surface area contributed by atoms with Crippen LogP contribution in [0.3, 0.4) is 0 Å². The van der Waals surface area contributed by atoms with Gasteiger partial charge in [0.15, 0.2) is 0 Å². The molecule has 1 fully saturated rings. The largest absolute Gasteiger partial charge is 0.444 e. The molecule has 2 aliphatic heterocycles. The zero-order valence-corrected chi connectivity index (χ0v) is 16.4. The summed E-state index contributed by atoms with van der Waals surface area (Å²) < 4.78 is 5.57. The Balaban J connectivity index is 1.56. The molecule has 26 heavy (non-hydrogen) atoms. The SMILES string of the molecule is Cc1ccc2c(c1)CC1=C2C2(CCN(C(=O)OC(C)(C)C)CC2)CNC1. The highest BCUT2D eigenvalue weighted by Gasteiger charge is 2.45. The molecule has 0 radical (unpaired) electrons. The van der Waals surface area contributed by atoms with Crippen LogP contribution in [0, 0.1) is 12.3 Å². The molecular weight excluding hydrogens is 324 g/mol. The summed E-state index contributed by atoms with van der Waals surface area (Å²) in [6.45, 7) is 11.5. The summed E-state index contributed by atoms with van der Waals surface area (Å²) in [7, 11) is 0. The van der Waals surface area contributed by atoms with Crippen LogP contribution in [-0.4, -0.2) is 42.8 Å². The van der Waals surface area contributed by atoms with Crippen molar-refractivity contribution < 1.29 is 9.53 Å². The van der Waals surface area contributed by atoms with Gasteiger partial charge in [-0.1, -0.05) is 23.8 Å². The third-order valence-corrected chi connectivity index (χ3v) is 5.99. The second-order valence-corrected chi connectivity index (χ2v) is 9.17. The lowest BCUT2D eigenvalue weighted by atomic mass is 9.68. The molecule has 0 atom stereocenters. The third kappa shape index (κ3) is 3.05. The number of rotatable bonds is 0. The number of ether oxygens (including phenoxy) is 1. The topological polar surface area (TPSA) is 41.6 Å². The van der Waals surface area contributed by atoms with Crippen LogP contribution in [0.4, 0.5) is 4.79 Å². The van der Waals surface area contributed by atoms with Crippen molar-refractivity contribution in [3.05, 3.63) is 40.5 Å². The van der Waals surface area contributed by atoms with Crippen LogP contribution in [0.5, 0.6) is 0 Å². The number of likely N-dealkylation sites (tertiary alicyclic amines) is 1. The third-order valence-electron chi connectivity index (χ3n) is 5.99. The molecular formula is C22H30N2O2. The number of aryl methyl sites for hydroxylation is 1. The van der Waals surface area contributed by atoms with Crippen molar-refractivity contribution >= 4 is 11.7 Å². The van der Waals surface area contributed by atoms with Crippen molar-refractivity contribution in [2.75, 3.05) is 26.2 Å². The number of piperidine rings is 1. The number of hydrogen-bond donors (Lipinski definition) is 1. The summed E-state index contributed by atoms with van der Waals surface area (Å²) in [5, 5.41) is 3.66. The Hall–Kier alpha value is -1.81. The molecule has 1 aromatic rings. The van der Waals surface area contributed by atoms with Gasteiger partial charge in [0, 0.05) is 31.6 Å². The lowest BCUT2D eigenvalue weighted by Crippen LogP contribution is -2.50. The molecule has 3 aliphatic rings. The maximum Gasteiger partial charge on any atom is 0.410 e. The number of fused-ring (bicyclic) bond motifs is 3. The monoisotopic (exact) mass is 354 g/mol. The molecule has 1 amide bonds. The van der Waals surface area contributed by atoms with Gasteiger partial charge in [0.05, 0.1) is 0 Å². The van der Waals surface area contributed by atoms with E-state index in [9.17, 15) is 4.79 Å². The van der Waals surface area contributed by atoms with Gasteiger partial charge in [-0.3, -0.25) is 0 Å². The second-order valence-electron chi connectivity index (χ2n) is 9.17. The van der Waals surface area contributed by atoms with Gasteiger partial charge in [-0.15, -0.1) is 0 Å². The molecule has 0 aromatic heterocycles. The molecule has 1 aromatic carbocycles. The number of carbonyl (C=O) groups is 1. The van der Waals surface area contributed by atoms with E-state index in [1.807, 2.05) is 25.7 Å². The Bertz CT molecular complexity index is 765. The molecule has 0 bridgehead atoms. The van der Waals surface area contributed by atoms with E-state index in [4.69, 9.17) is 4.74 Å². The number of nitrogens with one attached hydrogen (secondary N) is 1. The van der Waals surface area contributed by atoms with Crippen LogP contribution in [0.25, 0.3) is 5.57 Å². The van der Waals surface area contributed by atoms with Crippen molar-refractivity contribution in [1.29, 1.82) is 0 Å². The smallest absolute Gasteiger partial charge is 0.410 e. The number of benzene rings is 1. The fourth-order valence-corrected chi connectivity index (χ4v) is 4.84. The predicted octanol–water partition coefficient (Wildman–Crippen LogP) is 3.93. The summed E-state index contributed by atoms with van der Waals surface area (Å²) in [6.07, 6.45) is 2.92. The lowest BCUT2D eigenvalue weighted by Gasteiger charge is -2.46. The maximum atomic E-state index is 12.4. The zero-order valence-electron chi connectivity index (χ0n) is 16.4. The standard InChI is InChI=1S/C22H30N2O2/c1-15-5-6-18-16(11-15)12-17-13-23-14-22(19(17)18)7-9-24(10-8-22)20(25)26-21(2,3)4/h5-6,11,23H,7-10,12-14H2,1-4H3. The van der Waals surface area contributed by atoms with Gasteiger partial charge >= 0.3 is 6.09 Å². The first-order valence-corrected chi connectivity index (χ1v) is 9.78. The van der Waals surface area contributed by atoms with E-state index in [1.54, 1.807) is 11.1 Å². The number of nitrogens with zero attached hydrogens (tertiary/aromatic N) is 1. The molecule has 140 valence electrons. The van der Waals surface area contributed by atoms with Crippen molar-refractivity contribution in [1.82, 2.24) is 10.2 Å². The minimum atomic E-state index is -0.434. The van der Waals surface area contributed by atoms with Crippen molar-refractivity contribution in [3.8, 4) is 0 Å². The van der Waals surface area contributed by atoms with E-state index in [2.05, 4.69) is 30.4 Å². The van der Waals surface area contributed by atoms with E-state index >= 15 is 0 Å². The molecule has 2 heterocycles. The molecule has 0 saturated carbocycles. The lowest BCUT2D eigenvalue weighted by molar-refractivity contribution is 0.0148. The second kappa shape index (κ2) is 6.12. The Labute approximate surface area is 156 Å². The first kappa shape index (κ1) is 17.6. The highest BCUT2D eigenvalue weighted by atomic mass is 16.6. The first-order chi connectivity index (χ1) is 12.3. The van der Waals surface area contributed by atoms with E-state index in [0.717, 1.165) is 45.4 Å². The quantitative estimate of drug-likeness (QED) is 0.768.